The first kappa shape index (κ1) is 9.38. The average Bonchev–Trinajstić information content (AvgIpc) is 2.03. The van der Waals surface area contributed by atoms with E-state index in [1.807, 2.05) is 0 Å². The molecule has 0 bridgehead atoms. The Bertz CT molecular complexity index is 344. The second-order valence-electron chi connectivity index (χ2n) is 2.64. The number of rotatable bonds is 2. The SMILES string of the molecule is COc1cc(C(=O)O)c(C)cc1O. The third-order valence-corrected chi connectivity index (χ3v) is 1.76. The van der Waals surface area contributed by atoms with Crippen LogP contribution in [-0.4, -0.2) is 23.3 Å². The molecule has 0 fully saturated rings. The molecule has 0 radical (unpaired) electrons. The summed E-state index contributed by atoms with van der Waals surface area (Å²) in [6.07, 6.45) is 0. The fourth-order valence-corrected chi connectivity index (χ4v) is 1.07. The average molecular weight is 182 g/mol. The summed E-state index contributed by atoms with van der Waals surface area (Å²) < 4.78 is 4.78. The summed E-state index contributed by atoms with van der Waals surface area (Å²) >= 11 is 0. The highest BCUT2D eigenvalue weighted by molar-refractivity contribution is 5.90. The number of hydrogen-bond acceptors (Lipinski definition) is 3. The molecule has 0 aliphatic heterocycles. The molecule has 4 heteroatoms. The molecular formula is C9H10O4. The molecule has 2 N–H and O–H groups in total. The molecular weight excluding hydrogens is 172 g/mol. The fraction of sp³-hybridized carbons (Fsp3) is 0.222. The fourth-order valence-electron chi connectivity index (χ4n) is 1.07. The lowest BCUT2D eigenvalue weighted by molar-refractivity contribution is 0.0695. The van der Waals surface area contributed by atoms with E-state index in [4.69, 9.17) is 9.84 Å². The van der Waals surface area contributed by atoms with E-state index >= 15 is 0 Å². The first-order valence-electron chi connectivity index (χ1n) is 3.67. The third-order valence-electron chi connectivity index (χ3n) is 1.76. The van der Waals surface area contributed by atoms with Gasteiger partial charge in [-0.3, -0.25) is 0 Å². The Hall–Kier alpha value is -1.71. The number of hydrogen-bond donors (Lipinski definition) is 2. The van der Waals surface area contributed by atoms with Gasteiger partial charge in [0.25, 0.3) is 0 Å². The molecule has 0 atom stereocenters. The van der Waals surface area contributed by atoms with Crippen LogP contribution in [0.5, 0.6) is 11.5 Å². The molecule has 70 valence electrons. The molecule has 1 aromatic rings. The highest BCUT2D eigenvalue weighted by atomic mass is 16.5. The van der Waals surface area contributed by atoms with Crippen LogP contribution in [0.1, 0.15) is 15.9 Å². The number of phenols is 1. The Morgan fingerprint density at radius 3 is 2.54 bits per heavy atom. The minimum atomic E-state index is -1.03. The predicted octanol–water partition coefficient (Wildman–Crippen LogP) is 1.41. The van der Waals surface area contributed by atoms with Crippen LogP contribution in [0.2, 0.25) is 0 Å². The van der Waals surface area contributed by atoms with Crippen LogP contribution in [0.25, 0.3) is 0 Å². The standard InChI is InChI=1S/C9H10O4/c1-5-3-7(10)8(13-2)4-6(5)9(11)12/h3-4,10H,1-2H3,(H,11,12). The maximum Gasteiger partial charge on any atom is 0.336 e. The van der Waals surface area contributed by atoms with Crippen molar-refractivity contribution < 1.29 is 19.7 Å². The summed E-state index contributed by atoms with van der Waals surface area (Å²) in [7, 11) is 1.37. The number of carboxylic acid groups (broad SMARTS) is 1. The Balaban J connectivity index is 3.30. The van der Waals surface area contributed by atoms with Crippen LogP contribution in [0.15, 0.2) is 12.1 Å². The van der Waals surface area contributed by atoms with Gasteiger partial charge < -0.3 is 14.9 Å². The van der Waals surface area contributed by atoms with E-state index in [1.54, 1.807) is 6.92 Å². The van der Waals surface area contributed by atoms with E-state index in [-0.39, 0.29) is 17.1 Å². The highest BCUT2D eigenvalue weighted by Gasteiger charge is 2.11. The zero-order chi connectivity index (χ0) is 10.0. The number of aromatic carboxylic acids is 1. The van der Waals surface area contributed by atoms with Crippen molar-refractivity contribution in [2.45, 2.75) is 6.92 Å². The molecule has 0 saturated carbocycles. The summed E-state index contributed by atoms with van der Waals surface area (Å²) in [5.41, 5.74) is 0.639. The number of carboxylic acids is 1. The van der Waals surface area contributed by atoms with Crippen molar-refractivity contribution >= 4 is 5.97 Å². The molecule has 1 rings (SSSR count). The molecule has 0 aliphatic carbocycles. The van der Waals surface area contributed by atoms with Crippen molar-refractivity contribution in [1.82, 2.24) is 0 Å². The van der Waals surface area contributed by atoms with Crippen LogP contribution in [0, 0.1) is 6.92 Å². The van der Waals surface area contributed by atoms with E-state index in [9.17, 15) is 9.90 Å². The summed E-state index contributed by atoms with van der Waals surface area (Å²) in [4.78, 5) is 10.7. The van der Waals surface area contributed by atoms with Crippen LogP contribution in [0.3, 0.4) is 0 Å². The number of aryl methyl sites for hydroxylation is 1. The third kappa shape index (κ3) is 1.72. The summed E-state index contributed by atoms with van der Waals surface area (Å²) in [6.45, 7) is 1.61. The molecule has 0 aromatic heterocycles. The maximum absolute atomic E-state index is 10.7. The number of carbonyl (C=O) groups is 1. The molecule has 0 unspecified atom stereocenters. The molecule has 0 heterocycles. The van der Waals surface area contributed by atoms with Gasteiger partial charge >= 0.3 is 5.97 Å². The Morgan fingerprint density at radius 1 is 1.46 bits per heavy atom. The maximum atomic E-state index is 10.7. The largest absolute Gasteiger partial charge is 0.504 e. The number of benzene rings is 1. The highest BCUT2D eigenvalue weighted by Crippen LogP contribution is 2.28. The van der Waals surface area contributed by atoms with E-state index in [0.717, 1.165) is 0 Å². The van der Waals surface area contributed by atoms with Gasteiger partial charge in [-0.25, -0.2) is 4.79 Å². The lowest BCUT2D eigenvalue weighted by atomic mass is 10.1. The Morgan fingerprint density at radius 2 is 2.08 bits per heavy atom. The van der Waals surface area contributed by atoms with Gasteiger partial charge in [-0.2, -0.15) is 0 Å². The van der Waals surface area contributed by atoms with E-state index in [1.165, 1.54) is 19.2 Å². The number of methoxy groups -OCH3 is 1. The van der Waals surface area contributed by atoms with Crippen molar-refractivity contribution in [2.24, 2.45) is 0 Å². The predicted molar refractivity (Wildman–Crippen MR) is 46.4 cm³/mol. The van der Waals surface area contributed by atoms with Gasteiger partial charge in [0.1, 0.15) is 0 Å². The summed E-state index contributed by atoms with van der Waals surface area (Å²) in [6, 6.07) is 2.66. The minimum absolute atomic E-state index is 0.0509. The van der Waals surface area contributed by atoms with Gasteiger partial charge in [0.05, 0.1) is 12.7 Å². The van der Waals surface area contributed by atoms with E-state index in [0.29, 0.717) is 5.56 Å². The van der Waals surface area contributed by atoms with Gasteiger partial charge in [0.2, 0.25) is 0 Å². The van der Waals surface area contributed by atoms with Gasteiger partial charge in [-0.1, -0.05) is 0 Å². The van der Waals surface area contributed by atoms with Gasteiger partial charge in [0, 0.05) is 0 Å². The molecule has 13 heavy (non-hydrogen) atoms. The van der Waals surface area contributed by atoms with Crippen molar-refractivity contribution in [2.75, 3.05) is 7.11 Å². The van der Waals surface area contributed by atoms with Crippen molar-refractivity contribution in [3.05, 3.63) is 23.3 Å². The van der Waals surface area contributed by atoms with E-state index < -0.39 is 5.97 Å². The summed E-state index contributed by atoms with van der Waals surface area (Å²) in [5.74, 6) is -0.913. The van der Waals surface area contributed by atoms with Gasteiger partial charge in [-0.15, -0.1) is 0 Å². The molecule has 4 nitrogen and oxygen atoms in total. The van der Waals surface area contributed by atoms with Crippen molar-refractivity contribution in [1.29, 1.82) is 0 Å². The normalized spacial score (nSPS) is 9.69. The number of aromatic hydroxyl groups is 1. The second kappa shape index (κ2) is 3.35. The number of ether oxygens (including phenoxy) is 1. The smallest absolute Gasteiger partial charge is 0.336 e. The van der Waals surface area contributed by atoms with Crippen LogP contribution < -0.4 is 4.74 Å². The molecule has 0 amide bonds. The molecule has 0 saturated heterocycles. The quantitative estimate of drug-likeness (QED) is 0.725. The second-order valence-corrected chi connectivity index (χ2v) is 2.64. The first-order chi connectivity index (χ1) is 6.06. The Kier molecular flexibility index (Phi) is 2.41. The minimum Gasteiger partial charge on any atom is -0.504 e. The van der Waals surface area contributed by atoms with Crippen LogP contribution >= 0.6 is 0 Å². The Labute approximate surface area is 75.4 Å². The van der Waals surface area contributed by atoms with Crippen molar-refractivity contribution in [3.63, 3.8) is 0 Å². The van der Waals surface area contributed by atoms with Gasteiger partial charge in [0.15, 0.2) is 11.5 Å². The number of phenolic OH excluding ortho intramolecular Hbond substituents is 1. The lowest BCUT2D eigenvalue weighted by Crippen LogP contribution is -2.00. The first-order valence-corrected chi connectivity index (χ1v) is 3.67. The lowest BCUT2D eigenvalue weighted by Gasteiger charge is -2.06. The molecule has 0 spiro atoms. The van der Waals surface area contributed by atoms with Gasteiger partial charge in [-0.05, 0) is 24.6 Å². The molecule has 1 aromatic carbocycles. The monoisotopic (exact) mass is 182 g/mol. The zero-order valence-corrected chi connectivity index (χ0v) is 7.37. The van der Waals surface area contributed by atoms with Crippen LogP contribution in [0.4, 0.5) is 0 Å². The molecule has 0 aliphatic rings. The summed E-state index contributed by atoms with van der Waals surface area (Å²) in [5, 5.41) is 18.0. The zero-order valence-electron chi connectivity index (χ0n) is 7.37. The van der Waals surface area contributed by atoms with E-state index in [2.05, 4.69) is 0 Å². The van der Waals surface area contributed by atoms with Crippen LogP contribution in [-0.2, 0) is 0 Å². The van der Waals surface area contributed by atoms with Crippen molar-refractivity contribution in [3.8, 4) is 11.5 Å². The topological polar surface area (TPSA) is 66.8 Å².